The zero-order valence-corrected chi connectivity index (χ0v) is 12.4. The summed E-state index contributed by atoms with van der Waals surface area (Å²) in [5.41, 5.74) is 0.986. The maximum atomic E-state index is 5.35. The first-order chi connectivity index (χ1) is 9.67. The van der Waals surface area contributed by atoms with Gasteiger partial charge < -0.3 is 9.73 Å². The third-order valence-corrected chi connectivity index (χ3v) is 2.87. The number of nitrogens with one attached hydrogen (secondary N) is 1. The lowest BCUT2D eigenvalue weighted by Gasteiger charge is -2.15. The largest absolute Gasteiger partial charge is 0.468 e. The predicted molar refractivity (Wildman–Crippen MR) is 79.4 cm³/mol. The highest BCUT2D eigenvalue weighted by Gasteiger charge is 2.07. The SMILES string of the molecule is CCCNc1cc(C)nc(CN(C)Cc2ccco2)n1. The van der Waals surface area contributed by atoms with Gasteiger partial charge in [0.25, 0.3) is 0 Å². The summed E-state index contributed by atoms with van der Waals surface area (Å²) in [4.78, 5) is 11.2. The van der Waals surface area contributed by atoms with Crippen LogP contribution in [0.2, 0.25) is 0 Å². The van der Waals surface area contributed by atoms with E-state index in [0.717, 1.165) is 42.6 Å². The van der Waals surface area contributed by atoms with Gasteiger partial charge in [0, 0.05) is 18.3 Å². The minimum atomic E-state index is 0.698. The molecule has 0 fully saturated rings. The Hall–Kier alpha value is -1.88. The van der Waals surface area contributed by atoms with E-state index < -0.39 is 0 Å². The van der Waals surface area contributed by atoms with Crippen molar-refractivity contribution >= 4 is 5.82 Å². The molecule has 0 atom stereocenters. The lowest BCUT2D eigenvalue weighted by molar-refractivity contribution is 0.281. The molecule has 0 aliphatic rings. The van der Waals surface area contributed by atoms with Gasteiger partial charge in [0.1, 0.15) is 17.4 Å². The lowest BCUT2D eigenvalue weighted by Crippen LogP contribution is -2.19. The highest BCUT2D eigenvalue weighted by Crippen LogP contribution is 2.10. The second kappa shape index (κ2) is 7.05. The summed E-state index contributed by atoms with van der Waals surface area (Å²) in [6, 6.07) is 5.85. The van der Waals surface area contributed by atoms with Crippen LogP contribution >= 0.6 is 0 Å². The molecular weight excluding hydrogens is 252 g/mol. The molecule has 0 radical (unpaired) electrons. The molecule has 5 heteroatoms. The number of nitrogens with zero attached hydrogens (tertiary/aromatic N) is 3. The predicted octanol–water partition coefficient (Wildman–Crippen LogP) is 2.83. The first kappa shape index (κ1) is 14.5. The fraction of sp³-hybridized carbons (Fsp3) is 0.467. The van der Waals surface area contributed by atoms with Crippen LogP contribution in [0.5, 0.6) is 0 Å². The van der Waals surface area contributed by atoms with E-state index in [1.807, 2.05) is 32.2 Å². The van der Waals surface area contributed by atoms with Crippen LogP contribution in [0, 0.1) is 6.92 Å². The molecule has 0 spiro atoms. The van der Waals surface area contributed by atoms with Crippen molar-refractivity contribution in [3.05, 3.63) is 41.7 Å². The van der Waals surface area contributed by atoms with Crippen LogP contribution in [0.15, 0.2) is 28.9 Å². The smallest absolute Gasteiger partial charge is 0.144 e. The number of rotatable bonds is 7. The molecular formula is C15H22N4O. The van der Waals surface area contributed by atoms with Gasteiger partial charge in [0.05, 0.1) is 19.4 Å². The standard InChI is InChI=1S/C15H22N4O/c1-4-7-16-14-9-12(2)17-15(18-14)11-19(3)10-13-6-5-8-20-13/h5-6,8-9H,4,7,10-11H2,1-3H3,(H,16,17,18). The maximum absolute atomic E-state index is 5.35. The summed E-state index contributed by atoms with van der Waals surface area (Å²) in [5, 5.41) is 3.31. The molecule has 0 aromatic carbocycles. The van der Waals surface area contributed by atoms with Crippen molar-refractivity contribution in [1.29, 1.82) is 0 Å². The summed E-state index contributed by atoms with van der Waals surface area (Å²) in [6.45, 7) is 6.51. The zero-order chi connectivity index (χ0) is 14.4. The molecule has 20 heavy (non-hydrogen) atoms. The normalized spacial score (nSPS) is 11.0. The van der Waals surface area contributed by atoms with E-state index in [1.165, 1.54) is 0 Å². The third kappa shape index (κ3) is 4.35. The van der Waals surface area contributed by atoms with Crippen LogP contribution in [0.25, 0.3) is 0 Å². The van der Waals surface area contributed by atoms with Gasteiger partial charge in [-0.1, -0.05) is 6.92 Å². The fourth-order valence-corrected chi connectivity index (χ4v) is 2.01. The number of aromatic nitrogens is 2. The van der Waals surface area contributed by atoms with Crippen molar-refractivity contribution in [2.45, 2.75) is 33.4 Å². The quantitative estimate of drug-likeness (QED) is 0.841. The molecule has 1 N–H and O–H groups in total. The molecule has 5 nitrogen and oxygen atoms in total. The van der Waals surface area contributed by atoms with Crippen molar-refractivity contribution in [3.63, 3.8) is 0 Å². The highest BCUT2D eigenvalue weighted by atomic mass is 16.3. The number of aryl methyl sites for hydroxylation is 1. The Morgan fingerprint density at radius 2 is 2.15 bits per heavy atom. The Bertz CT molecular complexity index is 525. The molecule has 2 rings (SSSR count). The second-order valence-corrected chi connectivity index (χ2v) is 4.99. The molecule has 2 aromatic heterocycles. The summed E-state index contributed by atoms with van der Waals surface area (Å²) < 4.78 is 5.35. The van der Waals surface area contributed by atoms with E-state index in [4.69, 9.17) is 4.42 Å². The summed E-state index contributed by atoms with van der Waals surface area (Å²) in [6.07, 6.45) is 2.77. The Morgan fingerprint density at radius 3 is 2.85 bits per heavy atom. The maximum Gasteiger partial charge on any atom is 0.144 e. The topological polar surface area (TPSA) is 54.2 Å². The van der Waals surface area contributed by atoms with E-state index in [-0.39, 0.29) is 0 Å². The van der Waals surface area contributed by atoms with Gasteiger partial charge in [0.2, 0.25) is 0 Å². The van der Waals surface area contributed by atoms with Gasteiger partial charge in [-0.2, -0.15) is 0 Å². The Balaban J connectivity index is 1.98. The van der Waals surface area contributed by atoms with Crippen LogP contribution in [-0.4, -0.2) is 28.5 Å². The molecule has 2 heterocycles. The van der Waals surface area contributed by atoms with Crippen LogP contribution in [0.4, 0.5) is 5.82 Å². The lowest BCUT2D eigenvalue weighted by atomic mass is 10.3. The summed E-state index contributed by atoms with van der Waals surface area (Å²) in [5.74, 6) is 2.68. The molecule has 0 bridgehead atoms. The minimum absolute atomic E-state index is 0.698. The van der Waals surface area contributed by atoms with E-state index in [1.54, 1.807) is 6.26 Å². The number of hydrogen-bond acceptors (Lipinski definition) is 5. The Labute approximate surface area is 120 Å². The van der Waals surface area contributed by atoms with Crippen LogP contribution < -0.4 is 5.32 Å². The average molecular weight is 274 g/mol. The van der Waals surface area contributed by atoms with Crippen molar-refractivity contribution in [2.24, 2.45) is 0 Å². The van der Waals surface area contributed by atoms with Gasteiger partial charge in [0.15, 0.2) is 0 Å². The third-order valence-electron chi connectivity index (χ3n) is 2.87. The average Bonchev–Trinajstić information content (AvgIpc) is 2.88. The van der Waals surface area contributed by atoms with E-state index in [0.29, 0.717) is 6.54 Å². The number of furan rings is 1. The van der Waals surface area contributed by atoms with Crippen molar-refractivity contribution in [2.75, 3.05) is 18.9 Å². The van der Waals surface area contributed by atoms with E-state index >= 15 is 0 Å². The van der Waals surface area contributed by atoms with Crippen molar-refractivity contribution in [1.82, 2.24) is 14.9 Å². The molecule has 2 aromatic rings. The fourth-order valence-electron chi connectivity index (χ4n) is 2.01. The molecule has 0 amide bonds. The number of anilines is 1. The first-order valence-corrected chi connectivity index (χ1v) is 6.96. The van der Waals surface area contributed by atoms with Crippen molar-refractivity contribution in [3.8, 4) is 0 Å². The molecule has 0 saturated carbocycles. The van der Waals surface area contributed by atoms with Gasteiger partial charge in [-0.3, -0.25) is 4.90 Å². The monoisotopic (exact) mass is 274 g/mol. The summed E-state index contributed by atoms with van der Waals surface area (Å²) in [7, 11) is 2.04. The second-order valence-electron chi connectivity index (χ2n) is 4.99. The molecule has 108 valence electrons. The van der Waals surface area contributed by atoms with Gasteiger partial charge in [-0.05, 0) is 32.5 Å². The Kier molecular flexibility index (Phi) is 5.12. The van der Waals surface area contributed by atoms with Gasteiger partial charge in [-0.25, -0.2) is 9.97 Å². The van der Waals surface area contributed by atoms with Gasteiger partial charge >= 0.3 is 0 Å². The number of hydrogen-bond donors (Lipinski definition) is 1. The Morgan fingerprint density at radius 1 is 1.30 bits per heavy atom. The van der Waals surface area contributed by atoms with E-state index in [9.17, 15) is 0 Å². The highest BCUT2D eigenvalue weighted by molar-refractivity contribution is 5.35. The van der Waals surface area contributed by atoms with Crippen molar-refractivity contribution < 1.29 is 4.42 Å². The van der Waals surface area contributed by atoms with Crippen LogP contribution in [0.1, 0.15) is 30.6 Å². The molecule has 0 aliphatic carbocycles. The zero-order valence-electron chi connectivity index (χ0n) is 12.4. The minimum Gasteiger partial charge on any atom is -0.468 e. The summed E-state index contributed by atoms with van der Waals surface area (Å²) >= 11 is 0. The van der Waals surface area contributed by atoms with Crippen LogP contribution in [-0.2, 0) is 13.1 Å². The van der Waals surface area contributed by atoms with E-state index in [2.05, 4.69) is 27.1 Å². The molecule has 0 unspecified atom stereocenters. The molecule has 0 aliphatic heterocycles. The first-order valence-electron chi connectivity index (χ1n) is 6.96. The molecule has 0 saturated heterocycles. The van der Waals surface area contributed by atoms with Gasteiger partial charge in [-0.15, -0.1) is 0 Å². The van der Waals surface area contributed by atoms with Crippen LogP contribution in [0.3, 0.4) is 0 Å².